The van der Waals surface area contributed by atoms with Crippen molar-refractivity contribution in [1.82, 2.24) is 9.29 Å². The molecule has 1 aromatic carbocycles. The molecule has 0 aliphatic carbocycles. The topological polar surface area (TPSA) is 122 Å². The van der Waals surface area contributed by atoms with Crippen LogP contribution in [0.5, 0.6) is 0 Å². The van der Waals surface area contributed by atoms with E-state index in [4.69, 9.17) is 21.8 Å². The highest BCUT2D eigenvalue weighted by molar-refractivity contribution is 7.89. The Morgan fingerprint density at radius 2 is 2.00 bits per heavy atom. The number of halogens is 1. The van der Waals surface area contributed by atoms with Crippen molar-refractivity contribution in [3.05, 3.63) is 35.2 Å². The smallest absolute Gasteiger partial charge is 0.292 e. The fourth-order valence-corrected chi connectivity index (χ4v) is 5.09. The summed E-state index contributed by atoms with van der Waals surface area (Å²) in [5.41, 5.74) is 6.73. The van der Waals surface area contributed by atoms with Crippen LogP contribution in [0.3, 0.4) is 0 Å². The molecule has 0 atom stereocenters. The number of hydrogen-bond donors (Lipinski definition) is 2. The minimum Gasteiger partial charge on any atom is -0.431 e. The van der Waals surface area contributed by atoms with Gasteiger partial charge in [-0.25, -0.2) is 8.42 Å². The number of amides is 1. The summed E-state index contributed by atoms with van der Waals surface area (Å²) < 4.78 is 31.6. The number of piperazine rings is 1. The van der Waals surface area contributed by atoms with Crippen LogP contribution in [0.2, 0.25) is 5.02 Å². The SMILES string of the molecule is CC(C)CCCS(=O)(=O)N1CCN(c2ccc(Cl)c(NC(=O)c3coc(N)n3)c2)CC1. The van der Waals surface area contributed by atoms with Crippen molar-refractivity contribution in [1.29, 1.82) is 0 Å². The predicted molar refractivity (Wildman–Crippen MR) is 122 cm³/mol. The van der Waals surface area contributed by atoms with Crippen molar-refractivity contribution >= 4 is 44.9 Å². The van der Waals surface area contributed by atoms with Gasteiger partial charge in [-0.05, 0) is 37.0 Å². The van der Waals surface area contributed by atoms with Crippen LogP contribution >= 0.6 is 11.6 Å². The summed E-state index contributed by atoms with van der Waals surface area (Å²) in [7, 11) is -3.24. The quantitative estimate of drug-likeness (QED) is 0.609. The van der Waals surface area contributed by atoms with Crippen LogP contribution in [0.1, 0.15) is 37.2 Å². The van der Waals surface area contributed by atoms with Gasteiger partial charge in [-0.2, -0.15) is 9.29 Å². The highest BCUT2D eigenvalue weighted by Gasteiger charge is 2.27. The number of carbonyl (C=O) groups is 1. The maximum atomic E-state index is 12.6. The highest BCUT2D eigenvalue weighted by atomic mass is 35.5. The molecular weight excluding hydrogens is 442 g/mol. The van der Waals surface area contributed by atoms with E-state index in [1.54, 1.807) is 16.4 Å². The molecule has 170 valence electrons. The number of rotatable bonds is 8. The largest absolute Gasteiger partial charge is 0.431 e. The minimum atomic E-state index is -3.24. The molecule has 0 unspecified atom stereocenters. The average Bonchev–Trinajstić information content (AvgIpc) is 3.16. The van der Waals surface area contributed by atoms with Gasteiger partial charge in [0.25, 0.3) is 11.9 Å². The molecule has 1 amide bonds. The van der Waals surface area contributed by atoms with Gasteiger partial charge in [0.2, 0.25) is 10.0 Å². The Balaban J connectivity index is 1.61. The normalized spacial score (nSPS) is 15.4. The summed E-state index contributed by atoms with van der Waals surface area (Å²) in [6.07, 6.45) is 2.75. The number of nitrogens with zero attached hydrogens (tertiary/aromatic N) is 3. The molecule has 3 rings (SSSR count). The molecule has 1 fully saturated rings. The van der Waals surface area contributed by atoms with E-state index in [2.05, 4.69) is 29.0 Å². The van der Waals surface area contributed by atoms with Crippen LogP contribution < -0.4 is 16.0 Å². The molecule has 1 aliphatic heterocycles. The first kappa shape index (κ1) is 23.4. The second-order valence-electron chi connectivity index (χ2n) is 7.93. The van der Waals surface area contributed by atoms with Crippen molar-refractivity contribution in [3.63, 3.8) is 0 Å². The molecule has 31 heavy (non-hydrogen) atoms. The summed E-state index contributed by atoms with van der Waals surface area (Å²) in [6.45, 7) is 6.14. The number of nitrogens with two attached hydrogens (primary N) is 1. The lowest BCUT2D eigenvalue weighted by Gasteiger charge is -2.35. The number of aromatic nitrogens is 1. The van der Waals surface area contributed by atoms with Gasteiger partial charge in [-0.1, -0.05) is 25.4 Å². The van der Waals surface area contributed by atoms with E-state index in [0.29, 0.717) is 49.2 Å². The summed E-state index contributed by atoms with van der Waals surface area (Å²) >= 11 is 6.24. The minimum absolute atomic E-state index is 0.0512. The van der Waals surface area contributed by atoms with Gasteiger partial charge in [0.05, 0.1) is 16.5 Å². The molecule has 9 nitrogen and oxygen atoms in total. The Labute approximate surface area is 187 Å². The molecule has 1 aromatic heterocycles. The monoisotopic (exact) mass is 469 g/mol. The summed E-state index contributed by atoms with van der Waals surface area (Å²) in [6, 6.07) is 5.20. The maximum absolute atomic E-state index is 12.6. The molecule has 1 aliphatic rings. The molecule has 0 saturated carbocycles. The lowest BCUT2D eigenvalue weighted by Crippen LogP contribution is -2.49. The zero-order valence-corrected chi connectivity index (χ0v) is 19.2. The van der Waals surface area contributed by atoms with E-state index in [1.165, 1.54) is 6.26 Å². The zero-order valence-electron chi connectivity index (χ0n) is 17.7. The number of sulfonamides is 1. The van der Waals surface area contributed by atoms with Crippen molar-refractivity contribution in [2.45, 2.75) is 26.7 Å². The first-order chi connectivity index (χ1) is 14.7. The van der Waals surface area contributed by atoms with Gasteiger partial charge in [0.1, 0.15) is 6.26 Å². The number of nitrogen functional groups attached to an aromatic ring is 1. The van der Waals surface area contributed by atoms with E-state index in [-0.39, 0.29) is 17.5 Å². The van der Waals surface area contributed by atoms with Crippen molar-refractivity contribution in [2.75, 3.05) is 47.9 Å². The van der Waals surface area contributed by atoms with Crippen LogP contribution in [0, 0.1) is 5.92 Å². The highest BCUT2D eigenvalue weighted by Crippen LogP contribution is 2.29. The van der Waals surface area contributed by atoms with E-state index < -0.39 is 15.9 Å². The molecule has 0 radical (unpaired) electrons. The fraction of sp³-hybridized carbons (Fsp3) is 0.500. The Bertz CT molecular complexity index is 1020. The molecule has 0 bridgehead atoms. The van der Waals surface area contributed by atoms with Crippen LogP contribution in [-0.2, 0) is 10.0 Å². The number of nitrogens with one attached hydrogen (secondary N) is 1. The summed E-state index contributed by atoms with van der Waals surface area (Å²) in [5, 5.41) is 3.08. The van der Waals surface area contributed by atoms with Crippen LogP contribution in [-0.4, -0.2) is 55.5 Å². The van der Waals surface area contributed by atoms with Crippen LogP contribution in [0.15, 0.2) is 28.9 Å². The Hall–Kier alpha value is -2.30. The maximum Gasteiger partial charge on any atom is 0.292 e. The number of carbonyl (C=O) groups excluding carboxylic acids is 1. The fourth-order valence-electron chi connectivity index (χ4n) is 3.41. The molecular formula is C20H28ClN5O4S. The number of hydrogen-bond acceptors (Lipinski definition) is 7. The van der Waals surface area contributed by atoms with E-state index >= 15 is 0 Å². The summed E-state index contributed by atoms with van der Waals surface area (Å²) in [5.74, 6) is 0.194. The molecule has 11 heteroatoms. The van der Waals surface area contributed by atoms with Crippen LogP contribution in [0.4, 0.5) is 17.4 Å². The van der Waals surface area contributed by atoms with Gasteiger partial charge < -0.3 is 20.4 Å². The molecule has 0 spiro atoms. The molecule has 1 saturated heterocycles. The number of benzene rings is 1. The van der Waals surface area contributed by atoms with Gasteiger partial charge in [-0.15, -0.1) is 0 Å². The van der Waals surface area contributed by atoms with E-state index in [0.717, 1.165) is 12.1 Å². The second kappa shape index (κ2) is 9.88. The number of oxazole rings is 1. The van der Waals surface area contributed by atoms with Crippen molar-refractivity contribution < 1.29 is 17.6 Å². The average molecular weight is 470 g/mol. The van der Waals surface area contributed by atoms with Gasteiger partial charge in [-0.3, -0.25) is 4.79 Å². The zero-order chi connectivity index (χ0) is 22.6. The number of anilines is 3. The van der Waals surface area contributed by atoms with E-state index in [9.17, 15) is 13.2 Å². The van der Waals surface area contributed by atoms with Gasteiger partial charge in [0.15, 0.2) is 5.69 Å². The standard InChI is InChI=1S/C20H28ClN5O4S/c1-14(2)4-3-11-31(28,29)26-9-7-25(8-10-26)15-5-6-16(21)17(12-15)23-19(27)18-13-30-20(22)24-18/h5-6,12-14H,3-4,7-11H2,1-2H3,(H2,22,24)(H,23,27). The lowest BCUT2D eigenvalue weighted by atomic mass is 10.1. The first-order valence-electron chi connectivity index (χ1n) is 10.2. The Kier molecular flexibility index (Phi) is 7.45. The first-order valence-corrected chi connectivity index (χ1v) is 12.2. The predicted octanol–water partition coefficient (Wildman–Crippen LogP) is 3.05. The van der Waals surface area contributed by atoms with Gasteiger partial charge >= 0.3 is 0 Å². The molecule has 2 aromatic rings. The van der Waals surface area contributed by atoms with Gasteiger partial charge in [0, 0.05) is 31.9 Å². The Morgan fingerprint density at radius 1 is 1.29 bits per heavy atom. The second-order valence-corrected chi connectivity index (χ2v) is 10.4. The third-order valence-corrected chi connectivity index (χ3v) is 7.42. The third kappa shape index (κ3) is 6.11. The van der Waals surface area contributed by atoms with Crippen LogP contribution in [0.25, 0.3) is 0 Å². The van der Waals surface area contributed by atoms with Crippen molar-refractivity contribution in [3.8, 4) is 0 Å². The van der Waals surface area contributed by atoms with Crippen molar-refractivity contribution in [2.24, 2.45) is 5.92 Å². The third-order valence-electron chi connectivity index (χ3n) is 5.13. The Morgan fingerprint density at radius 3 is 2.61 bits per heavy atom. The molecule has 2 heterocycles. The summed E-state index contributed by atoms with van der Waals surface area (Å²) in [4.78, 5) is 18.2. The molecule has 3 N–H and O–H groups in total. The lowest BCUT2D eigenvalue weighted by molar-refractivity contribution is 0.102. The van der Waals surface area contributed by atoms with E-state index in [1.807, 2.05) is 6.07 Å².